The van der Waals surface area contributed by atoms with E-state index in [9.17, 15) is 4.79 Å². The molecule has 2 heterocycles. The molecule has 0 unspecified atom stereocenters. The number of hydrogen-bond donors (Lipinski definition) is 1. The standard InChI is InChI=1S/C23H24N2O2/c1-13(2)19-10-15(14(3)9-22(19)26)11-21-23-18(7-8-24-21)17-6-5-16(27-4)12-20(17)25-23/h5-6,9-13,25H,7-8H2,1-4H3/b15-11-. The Morgan fingerprint density at radius 3 is 2.81 bits per heavy atom. The van der Waals surface area contributed by atoms with Crippen LogP contribution in [0.2, 0.25) is 0 Å². The van der Waals surface area contributed by atoms with Crippen molar-refractivity contribution in [1.82, 2.24) is 4.98 Å². The molecule has 1 N–H and O–H groups in total. The van der Waals surface area contributed by atoms with Crippen LogP contribution in [-0.4, -0.2) is 30.1 Å². The minimum absolute atomic E-state index is 0.114. The second-order valence-corrected chi connectivity index (χ2v) is 7.45. The van der Waals surface area contributed by atoms with Crippen molar-refractivity contribution in [3.05, 3.63) is 64.4 Å². The van der Waals surface area contributed by atoms with E-state index in [0.29, 0.717) is 0 Å². The molecule has 0 atom stereocenters. The van der Waals surface area contributed by atoms with Gasteiger partial charge in [0.15, 0.2) is 5.78 Å². The van der Waals surface area contributed by atoms with Gasteiger partial charge in [-0.2, -0.15) is 0 Å². The molecule has 0 bridgehead atoms. The summed E-state index contributed by atoms with van der Waals surface area (Å²) in [4.78, 5) is 20.5. The molecule has 0 fully saturated rings. The number of benzene rings is 1. The Morgan fingerprint density at radius 1 is 1.26 bits per heavy atom. The van der Waals surface area contributed by atoms with Gasteiger partial charge in [0.2, 0.25) is 0 Å². The number of nitrogens with one attached hydrogen (secondary N) is 1. The summed E-state index contributed by atoms with van der Waals surface area (Å²) in [7, 11) is 1.68. The predicted octanol–water partition coefficient (Wildman–Crippen LogP) is 4.56. The van der Waals surface area contributed by atoms with Crippen molar-refractivity contribution in [2.45, 2.75) is 27.2 Å². The normalized spacial score (nSPS) is 18.5. The van der Waals surface area contributed by atoms with Crippen LogP contribution >= 0.6 is 0 Å². The maximum atomic E-state index is 12.2. The van der Waals surface area contributed by atoms with Gasteiger partial charge in [0, 0.05) is 29.1 Å². The average molecular weight is 360 g/mol. The number of hydrogen-bond acceptors (Lipinski definition) is 3. The van der Waals surface area contributed by atoms with E-state index in [4.69, 9.17) is 9.73 Å². The minimum Gasteiger partial charge on any atom is -0.497 e. The highest BCUT2D eigenvalue weighted by molar-refractivity contribution is 6.14. The summed E-state index contributed by atoms with van der Waals surface area (Å²) < 4.78 is 5.35. The van der Waals surface area contributed by atoms with Gasteiger partial charge in [-0.15, -0.1) is 0 Å². The third kappa shape index (κ3) is 3.05. The number of aromatic nitrogens is 1. The third-order valence-electron chi connectivity index (χ3n) is 5.33. The van der Waals surface area contributed by atoms with E-state index in [1.807, 2.05) is 25.1 Å². The Bertz CT molecular complexity index is 1060. The number of H-pyrrole nitrogens is 1. The van der Waals surface area contributed by atoms with Crippen LogP contribution in [0.3, 0.4) is 0 Å². The number of allylic oxidation sites excluding steroid dienone is 6. The monoisotopic (exact) mass is 360 g/mol. The maximum absolute atomic E-state index is 12.2. The summed E-state index contributed by atoms with van der Waals surface area (Å²) in [6, 6.07) is 6.14. The lowest BCUT2D eigenvalue weighted by atomic mass is 9.87. The molecular formula is C23H24N2O2. The molecule has 0 saturated heterocycles. The summed E-state index contributed by atoms with van der Waals surface area (Å²) in [6.45, 7) is 6.86. The molecule has 1 aromatic carbocycles. The van der Waals surface area contributed by atoms with E-state index in [0.717, 1.165) is 52.4 Å². The number of methoxy groups -OCH3 is 1. The number of ether oxygens (including phenoxy) is 1. The molecule has 4 rings (SSSR count). The first-order valence-electron chi connectivity index (χ1n) is 9.37. The molecule has 27 heavy (non-hydrogen) atoms. The number of carbonyl (C=O) groups excluding carboxylic acids is 1. The highest BCUT2D eigenvalue weighted by Crippen LogP contribution is 2.31. The first-order valence-corrected chi connectivity index (χ1v) is 9.37. The molecule has 0 amide bonds. The van der Waals surface area contributed by atoms with Crippen molar-refractivity contribution >= 4 is 22.4 Å². The molecular weight excluding hydrogens is 336 g/mol. The van der Waals surface area contributed by atoms with E-state index in [1.54, 1.807) is 13.2 Å². The number of aromatic amines is 1. The van der Waals surface area contributed by atoms with E-state index < -0.39 is 0 Å². The Hall–Kier alpha value is -2.88. The van der Waals surface area contributed by atoms with Crippen molar-refractivity contribution in [3.63, 3.8) is 0 Å². The van der Waals surface area contributed by atoms with Crippen LogP contribution in [0.15, 0.2) is 58.1 Å². The summed E-state index contributed by atoms with van der Waals surface area (Å²) >= 11 is 0. The van der Waals surface area contributed by atoms with Gasteiger partial charge < -0.3 is 9.72 Å². The Morgan fingerprint density at radius 2 is 2.07 bits per heavy atom. The highest BCUT2D eigenvalue weighted by atomic mass is 16.5. The fourth-order valence-corrected chi connectivity index (χ4v) is 3.79. The minimum atomic E-state index is 0.114. The molecule has 0 spiro atoms. The zero-order valence-corrected chi connectivity index (χ0v) is 16.2. The van der Waals surface area contributed by atoms with Crippen LogP contribution in [0.1, 0.15) is 32.0 Å². The first kappa shape index (κ1) is 17.5. The smallest absolute Gasteiger partial charge is 0.182 e. The van der Waals surface area contributed by atoms with E-state index in [1.165, 1.54) is 10.9 Å². The molecule has 4 nitrogen and oxygen atoms in total. The van der Waals surface area contributed by atoms with E-state index >= 15 is 0 Å². The van der Waals surface area contributed by atoms with Crippen molar-refractivity contribution in [1.29, 1.82) is 0 Å². The zero-order chi connectivity index (χ0) is 19.1. The van der Waals surface area contributed by atoms with Crippen LogP contribution in [-0.2, 0) is 11.2 Å². The topological polar surface area (TPSA) is 54.5 Å². The SMILES string of the molecule is COc1ccc2c3c([nH]c2c1)C(/C=C1/C=C(C(C)C)C(=O)C=C1C)=NCC3. The van der Waals surface area contributed by atoms with Crippen molar-refractivity contribution in [2.24, 2.45) is 10.9 Å². The lowest BCUT2D eigenvalue weighted by molar-refractivity contribution is -0.111. The van der Waals surface area contributed by atoms with Crippen LogP contribution in [0, 0.1) is 5.92 Å². The number of nitrogens with zero attached hydrogens (tertiary/aromatic N) is 1. The van der Waals surface area contributed by atoms with Gasteiger partial charge in [0.1, 0.15) is 5.75 Å². The lowest BCUT2D eigenvalue weighted by Crippen LogP contribution is -2.14. The predicted molar refractivity (Wildman–Crippen MR) is 110 cm³/mol. The van der Waals surface area contributed by atoms with Crippen molar-refractivity contribution in [2.75, 3.05) is 13.7 Å². The Labute approximate surface area is 159 Å². The van der Waals surface area contributed by atoms with E-state index in [2.05, 4.69) is 31.0 Å². The number of ketones is 1. The van der Waals surface area contributed by atoms with Crippen LogP contribution in [0.4, 0.5) is 0 Å². The Kier molecular flexibility index (Phi) is 4.34. The summed E-state index contributed by atoms with van der Waals surface area (Å²) in [5, 5.41) is 1.22. The van der Waals surface area contributed by atoms with Crippen LogP contribution in [0.25, 0.3) is 10.9 Å². The number of fused-ring (bicyclic) bond motifs is 3. The molecule has 0 saturated carbocycles. The molecule has 4 heteroatoms. The second kappa shape index (κ2) is 6.69. The third-order valence-corrected chi connectivity index (χ3v) is 5.33. The fraction of sp³-hybridized carbons (Fsp3) is 0.304. The zero-order valence-electron chi connectivity index (χ0n) is 16.2. The van der Waals surface area contributed by atoms with Gasteiger partial charge in [-0.25, -0.2) is 0 Å². The first-order chi connectivity index (χ1) is 13.0. The van der Waals surface area contributed by atoms with Gasteiger partial charge in [-0.1, -0.05) is 13.8 Å². The van der Waals surface area contributed by atoms with Gasteiger partial charge in [0.05, 0.1) is 18.5 Å². The van der Waals surface area contributed by atoms with Gasteiger partial charge >= 0.3 is 0 Å². The maximum Gasteiger partial charge on any atom is 0.182 e. The van der Waals surface area contributed by atoms with Gasteiger partial charge in [0.25, 0.3) is 0 Å². The average Bonchev–Trinajstić information content (AvgIpc) is 3.02. The molecule has 1 aliphatic heterocycles. The molecule has 1 aliphatic carbocycles. The summed E-state index contributed by atoms with van der Waals surface area (Å²) in [6.07, 6.45) is 6.78. The Balaban J connectivity index is 1.80. The highest BCUT2D eigenvalue weighted by Gasteiger charge is 2.21. The summed E-state index contributed by atoms with van der Waals surface area (Å²) in [5.74, 6) is 1.16. The molecule has 1 aromatic heterocycles. The summed E-state index contributed by atoms with van der Waals surface area (Å²) in [5.41, 5.74) is 7.28. The number of aliphatic imine (C=N–C) groups is 1. The van der Waals surface area contributed by atoms with Crippen molar-refractivity contribution < 1.29 is 9.53 Å². The molecule has 138 valence electrons. The van der Waals surface area contributed by atoms with Gasteiger partial charge in [-0.05, 0) is 66.3 Å². The largest absolute Gasteiger partial charge is 0.497 e. The van der Waals surface area contributed by atoms with Crippen LogP contribution < -0.4 is 4.74 Å². The second-order valence-electron chi connectivity index (χ2n) is 7.45. The van der Waals surface area contributed by atoms with Crippen molar-refractivity contribution in [3.8, 4) is 5.75 Å². The quantitative estimate of drug-likeness (QED) is 0.872. The number of carbonyl (C=O) groups is 1. The van der Waals surface area contributed by atoms with Gasteiger partial charge in [-0.3, -0.25) is 9.79 Å². The van der Waals surface area contributed by atoms with Crippen LogP contribution in [0.5, 0.6) is 5.75 Å². The molecule has 2 aliphatic rings. The molecule has 0 radical (unpaired) electrons. The molecule has 2 aromatic rings. The lowest BCUT2D eigenvalue weighted by Gasteiger charge is -2.17. The fourth-order valence-electron chi connectivity index (χ4n) is 3.79. The van der Waals surface area contributed by atoms with E-state index in [-0.39, 0.29) is 11.7 Å². The number of rotatable bonds is 3.